The topological polar surface area (TPSA) is 72.8 Å². The maximum absolute atomic E-state index is 12.7. The van der Waals surface area contributed by atoms with Crippen LogP contribution in [0.15, 0.2) is 42.6 Å². The third-order valence-corrected chi connectivity index (χ3v) is 4.97. The molecule has 0 aliphatic carbocycles. The number of aryl methyl sites for hydroxylation is 1. The van der Waals surface area contributed by atoms with E-state index in [-0.39, 0.29) is 12.5 Å². The van der Waals surface area contributed by atoms with Crippen molar-refractivity contribution in [3.05, 3.63) is 53.7 Å². The van der Waals surface area contributed by atoms with Crippen molar-refractivity contribution in [1.82, 2.24) is 0 Å². The van der Waals surface area contributed by atoms with Crippen molar-refractivity contribution in [3.8, 4) is 0 Å². The number of rotatable bonds is 5. The van der Waals surface area contributed by atoms with Crippen molar-refractivity contribution < 1.29 is 32.5 Å². The molecule has 1 aromatic carbocycles. The number of benzene rings is 1. The number of alkyl halides is 3. The molecule has 1 fully saturated rings. The van der Waals surface area contributed by atoms with Crippen LogP contribution in [0.2, 0.25) is 0 Å². The van der Waals surface area contributed by atoms with Gasteiger partial charge >= 0.3 is 12.1 Å². The van der Waals surface area contributed by atoms with E-state index in [1.165, 1.54) is 6.07 Å². The first-order chi connectivity index (χ1) is 14.2. The summed E-state index contributed by atoms with van der Waals surface area (Å²) >= 11 is 0. The molecular formula is C21H23F3N3O3+. The van der Waals surface area contributed by atoms with Gasteiger partial charge in [0.1, 0.15) is 6.20 Å². The lowest BCUT2D eigenvalue weighted by Gasteiger charge is -2.26. The van der Waals surface area contributed by atoms with E-state index in [0.717, 1.165) is 17.8 Å². The van der Waals surface area contributed by atoms with Crippen LogP contribution in [0.5, 0.6) is 0 Å². The molecule has 30 heavy (non-hydrogen) atoms. The molecule has 0 unspecified atom stereocenters. The molecule has 1 aliphatic heterocycles. The van der Waals surface area contributed by atoms with Gasteiger partial charge in [-0.3, -0.25) is 14.5 Å². The van der Waals surface area contributed by atoms with Crippen LogP contribution in [-0.2, 0) is 20.5 Å². The molecule has 0 spiro atoms. The first-order valence-corrected chi connectivity index (χ1v) is 9.59. The molecule has 0 saturated carbocycles. The van der Waals surface area contributed by atoms with Crippen molar-refractivity contribution >= 4 is 23.4 Å². The lowest BCUT2D eigenvalue weighted by Crippen LogP contribution is -2.40. The molecule has 1 aliphatic rings. The third kappa shape index (κ3) is 5.71. The summed E-state index contributed by atoms with van der Waals surface area (Å²) in [6.45, 7) is 2.57. The van der Waals surface area contributed by atoms with E-state index in [4.69, 9.17) is 4.74 Å². The number of esters is 1. The Balaban J connectivity index is 1.43. The maximum Gasteiger partial charge on any atom is 0.419 e. The summed E-state index contributed by atoms with van der Waals surface area (Å²) in [7, 11) is 0. The van der Waals surface area contributed by atoms with Gasteiger partial charge in [-0.2, -0.15) is 13.2 Å². The smallest absolute Gasteiger partial charge is 0.419 e. The summed E-state index contributed by atoms with van der Waals surface area (Å²) in [6, 6.07) is 9.68. The van der Waals surface area contributed by atoms with Crippen LogP contribution < -0.4 is 15.2 Å². The zero-order valence-electron chi connectivity index (χ0n) is 16.5. The molecule has 1 aromatic heterocycles. The molecular weight excluding hydrogens is 399 g/mol. The van der Waals surface area contributed by atoms with E-state index in [1.54, 1.807) is 12.1 Å². The van der Waals surface area contributed by atoms with Gasteiger partial charge in [0, 0.05) is 11.8 Å². The second kappa shape index (κ2) is 9.15. The Labute approximate surface area is 172 Å². The summed E-state index contributed by atoms with van der Waals surface area (Å²) in [4.78, 5) is 28.7. The number of hydrogen-bond acceptors (Lipinski definition) is 4. The average molecular weight is 422 g/mol. The fraction of sp³-hybridized carbons (Fsp3) is 0.381. The SMILES string of the molecule is Cc1ccc(NC(=O)COC(=O)C2CCN(c3ccc(C(F)(F)F)c[nH+]3)CC2)cc1. The Morgan fingerprint density at radius 1 is 1.13 bits per heavy atom. The van der Waals surface area contributed by atoms with Crippen molar-refractivity contribution in [3.63, 3.8) is 0 Å². The van der Waals surface area contributed by atoms with Gasteiger partial charge in [-0.1, -0.05) is 17.7 Å². The number of amides is 1. The molecule has 3 rings (SSSR count). The second-order valence-electron chi connectivity index (χ2n) is 7.24. The van der Waals surface area contributed by atoms with Crippen LogP contribution in [-0.4, -0.2) is 31.6 Å². The Bertz CT molecular complexity index is 875. The highest BCUT2D eigenvalue weighted by atomic mass is 19.4. The number of pyridine rings is 1. The van der Waals surface area contributed by atoms with Gasteiger partial charge in [-0.15, -0.1) is 0 Å². The number of H-pyrrole nitrogens is 1. The molecule has 2 N–H and O–H groups in total. The number of piperidine rings is 1. The number of aromatic nitrogens is 1. The maximum atomic E-state index is 12.7. The van der Waals surface area contributed by atoms with Gasteiger partial charge in [0.05, 0.1) is 24.6 Å². The number of nitrogens with one attached hydrogen (secondary N) is 2. The Kier molecular flexibility index (Phi) is 6.59. The number of aromatic amines is 1. The fourth-order valence-corrected chi connectivity index (χ4v) is 3.23. The van der Waals surface area contributed by atoms with Gasteiger partial charge in [0.15, 0.2) is 6.61 Å². The minimum Gasteiger partial charge on any atom is -0.455 e. The van der Waals surface area contributed by atoms with Crippen molar-refractivity contribution in [2.45, 2.75) is 25.9 Å². The zero-order valence-corrected chi connectivity index (χ0v) is 16.5. The molecule has 2 aromatic rings. The Morgan fingerprint density at radius 2 is 1.80 bits per heavy atom. The molecule has 0 bridgehead atoms. The van der Waals surface area contributed by atoms with Gasteiger partial charge < -0.3 is 10.1 Å². The van der Waals surface area contributed by atoms with E-state index in [2.05, 4.69) is 10.3 Å². The molecule has 0 radical (unpaired) electrons. The average Bonchev–Trinajstić information content (AvgIpc) is 2.73. The Hall–Kier alpha value is -3.10. The summed E-state index contributed by atoms with van der Waals surface area (Å²) in [5.74, 6) is -0.635. The summed E-state index contributed by atoms with van der Waals surface area (Å²) < 4.78 is 43.1. The Morgan fingerprint density at radius 3 is 2.37 bits per heavy atom. The number of carbonyl (C=O) groups is 2. The predicted molar refractivity (Wildman–Crippen MR) is 104 cm³/mol. The van der Waals surface area contributed by atoms with Gasteiger partial charge in [0.25, 0.3) is 11.7 Å². The van der Waals surface area contributed by atoms with E-state index in [9.17, 15) is 22.8 Å². The van der Waals surface area contributed by atoms with Gasteiger partial charge in [-0.25, -0.2) is 4.98 Å². The van der Waals surface area contributed by atoms with Crippen LogP contribution in [0.3, 0.4) is 0 Å². The van der Waals surface area contributed by atoms with Crippen LogP contribution in [0.4, 0.5) is 24.7 Å². The fourth-order valence-electron chi connectivity index (χ4n) is 3.23. The summed E-state index contributed by atoms with van der Waals surface area (Å²) in [5.41, 5.74) is 0.955. The van der Waals surface area contributed by atoms with Crippen molar-refractivity contribution in [2.24, 2.45) is 5.92 Å². The lowest BCUT2D eigenvalue weighted by molar-refractivity contribution is -0.367. The molecule has 1 saturated heterocycles. The first kappa shape index (κ1) is 21.6. The van der Waals surface area contributed by atoms with Crippen LogP contribution in [0.1, 0.15) is 24.0 Å². The monoisotopic (exact) mass is 422 g/mol. The van der Waals surface area contributed by atoms with Crippen LogP contribution in [0.25, 0.3) is 0 Å². The van der Waals surface area contributed by atoms with E-state index in [0.29, 0.717) is 37.4 Å². The normalized spacial score (nSPS) is 15.0. The highest BCUT2D eigenvalue weighted by molar-refractivity contribution is 5.92. The highest BCUT2D eigenvalue weighted by Crippen LogP contribution is 2.29. The number of hydrogen-bond donors (Lipinski definition) is 1. The number of nitrogens with zero attached hydrogens (tertiary/aromatic N) is 1. The van der Waals surface area contributed by atoms with Crippen molar-refractivity contribution in [1.29, 1.82) is 0 Å². The largest absolute Gasteiger partial charge is 0.455 e. The summed E-state index contributed by atoms with van der Waals surface area (Å²) in [6.07, 6.45) is -2.47. The predicted octanol–water partition coefficient (Wildman–Crippen LogP) is 3.23. The van der Waals surface area contributed by atoms with Gasteiger partial charge in [0.2, 0.25) is 0 Å². The van der Waals surface area contributed by atoms with Crippen LogP contribution >= 0.6 is 0 Å². The second-order valence-corrected chi connectivity index (χ2v) is 7.24. The van der Waals surface area contributed by atoms with E-state index in [1.807, 2.05) is 24.0 Å². The zero-order chi connectivity index (χ0) is 21.7. The number of halogens is 3. The molecule has 1 amide bonds. The summed E-state index contributed by atoms with van der Waals surface area (Å²) in [5, 5.41) is 2.66. The van der Waals surface area contributed by atoms with Gasteiger partial charge in [-0.05, 0) is 38.0 Å². The minimum absolute atomic E-state index is 0.345. The number of ether oxygens (including phenoxy) is 1. The highest BCUT2D eigenvalue weighted by Gasteiger charge is 2.34. The lowest BCUT2D eigenvalue weighted by atomic mass is 9.97. The molecule has 0 atom stereocenters. The molecule has 160 valence electrons. The molecule has 6 nitrogen and oxygen atoms in total. The quantitative estimate of drug-likeness (QED) is 0.751. The standard InChI is InChI=1S/C21H22F3N3O3/c1-14-2-5-17(6-3-14)26-19(28)13-30-20(29)15-8-10-27(11-9-15)18-7-4-16(12-25-18)21(22,23)24/h2-7,12,15H,8-11,13H2,1H3,(H,26,28)/p+1. The van der Waals surface area contributed by atoms with E-state index >= 15 is 0 Å². The molecule has 2 heterocycles. The van der Waals surface area contributed by atoms with Crippen molar-refractivity contribution in [2.75, 3.05) is 29.9 Å². The number of anilines is 2. The van der Waals surface area contributed by atoms with Crippen LogP contribution in [0, 0.1) is 12.8 Å². The van der Waals surface area contributed by atoms with E-state index < -0.39 is 23.6 Å². The first-order valence-electron chi connectivity index (χ1n) is 9.59. The minimum atomic E-state index is -4.39. The third-order valence-electron chi connectivity index (χ3n) is 4.97. The molecule has 9 heteroatoms. The number of carbonyl (C=O) groups excluding carboxylic acids is 2.